The minimum atomic E-state index is 0.407. The van der Waals surface area contributed by atoms with Crippen molar-refractivity contribution in [2.45, 2.75) is 78.7 Å². The Morgan fingerprint density at radius 1 is 1.16 bits per heavy atom. The fraction of sp³-hybridized carbons (Fsp3) is 1.00. The topological polar surface area (TPSA) is 29.3 Å². The quantitative estimate of drug-likeness (QED) is 0.720. The van der Waals surface area contributed by atoms with Crippen molar-refractivity contribution in [3.8, 4) is 0 Å². The first-order chi connectivity index (χ1) is 8.99. The average Bonchev–Trinajstić information content (AvgIpc) is 2.85. The molecule has 1 rings (SSSR count). The summed E-state index contributed by atoms with van der Waals surface area (Å²) < 4.78 is 0. The van der Waals surface area contributed by atoms with Crippen molar-refractivity contribution in [1.82, 2.24) is 4.90 Å². The highest BCUT2D eigenvalue weighted by Crippen LogP contribution is 2.32. The molecule has 2 nitrogen and oxygen atoms in total. The van der Waals surface area contributed by atoms with E-state index in [1.165, 1.54) is 58.0 Å². The van der Waals surface area contributed by atoms with Crippen LogP contribution in [-0.2, 0) is 0 Å². The fourth-order valence-electron chi connectivity index (χ4n) is 3.62. The standard InChI is InChI=1S/C17H36N2/c1-5-19(16-10-6-7-11-16)14-8-9-15(12-13-18)17(2,3)4/h15-16H,5-14,18H2,1-4H3. The Hall–Kier alpha value is -0.0800. The maximum absolute atomic E-state index is 5.77. The number of hydrogen-bond acceptors (Lipinski definition) is 2. The Morgan fingerprint density at radius 3 is 2.26 bits per heavy atom. The molecule has 0 amide bonds. The van der Waals surface area contributed by atoms with Gasteiger partial charge in [-0.1, -0.05) is 40.5 Å². The summed E-state index contributed by atoms with van der Waals surface area (Å²) in [4.78, 5) is 2.72. The van der Waals surface area contributed by atoms with Gasteiger partial charge in [-0.25, -0.2) is 0 Å². The van der Waals surface area contributed by atoms with Gasteiger partial charge in [0, 0.05) is 6.04 Å². The van der Waals surface area contributed by atoms with E-state index in [0.717, 1.165) is 18.5 Å². The van der Waals surface area contributed by atoms with Gasteiger partial charge in [0.25, 0.3) is 0 Å². The lowest BCUT2D eigenvalue weighted by atomic mass is 9.76. The third-order valence-corrected chi connectivity index (χ3v) is 4.99. The van der Waals surface area contributed by atoms with Gasteiger partial charge in [0.05, 0.1) is 0 Å². The van der Waals surface area contributed by atoms with Crippen molar-refractivity contribution in [2.75, 3.05) is 19.6 Å². The Balaban J connectivity index is 2.33. The molecule has 2 N–H and O–H groups in total. The second kappa shape index (κ2) is 8.26. The van der Waals surface area contributed by atoms with Gasteiger partial charge in [0.1, 0.15) is 0 Å². The highest BCUT2D eigenvalue weighted by Gasteiger charge is 2.25. The Kier molecular flexibility index (Phi) is 7.38. The second-order valence-corrected chi connectivity index (χ2v) is 7.35. The fourth-order valence-corrected chi connectivity index (χ4v) is 3.62. The molecule has 1 fully saturated rings. The summed E-state index contributed by atoms with van der Waals surface area (Å²) in [6.07, 6.45) is 9.60. The summed E-state index contributed by atoms with van der Waals surface area (Å²) in [6, 6.07) is 0.882. The molecule has 1 unspecified atom stereocenters. The van der Waals surface area contributed by atoms with Crippen LogP contribution in [0.5, 0.6) is 0 Å². The van der Waals surface area contributed by atoms with E-state index in [-0.39, 0.29) is 0 Å². The highest BCUT2D eigenvalue weighted by molar-refractivity contribution is 4.78. The van der Waals surface area contributed by atoms with Gasteiger partial charge in [0.15, 0.2) is 0 Å². The first-order valence-electron chi connectivity index (χ1n) is 8.43. The predicted molar refractivity (Wildman–Crippen MR) is 85.4 cm³/mol. The first-order valence-corrected chi connectivity index (χ1v) is 8.43. The summed E-state index contributed by atoms with van der Waals surface area (Å²) >= 11 is 0. The molecular weight excluding hydrogens is 232 g/mol. The summed E-state index contributed by atoms with van der Waals surface area (Å²) in [5.74, 6) is 0.778. The lowest BCUT2D eigenvalue weighted by molar-refractivity contribution is 0.173. The van der Waals surface area contributed by atoms with Crippen molar-refractivity contribution in [3.05, 3.63) is 0 Å². The summed E-state index contributed by atoms with van der Waals surface area (Å²) in [6.45, 7) is 12.8. The molecule has 19 heavy (non-hydrogen) atoms. The maximum Gasteiger partial charge on any atom is 0.00951 e. The third-order valence-electron chi connectivity index (χ3n) is 4.99. The van der Waals surface area contributed by atoms with Crippen molar-refractivity contribution in [3.63, 3.8) is 0 Å². The molecule has 0 aliphatic heterocycles. The van der Waals surface area contributed by atoms with E-state index in [9.17, 15) is 0 Å². The van der Waals surface area contributed by atoms with Crippen LogP contribution in [0, 0.1) is 11.3 Å². The molecular formula is C17H36N2. The Morgan fingerprint density at radius 2 is 1.79 bits per heavy atom. The number of rotatable bonds is 8. The summed E-state index contributed by atoms with van der Waals surface area (Å²) in [5.41, 5.74) is 6.18. The van der Waals surface area contributed by atoms with Crippen molar-refractivity contribution >= 4 is 0 Å². The minimum Gasteiger partial charge on any atom is -0.330 e. The van der Waals surface area contributed by atoms with Gasteiger partial charge >= 0.3 is 0 Å². The monoisotopic (exact) mass is 268 g/mol. The largest absolute Gasteiger partial charge is 0.330 e. The van der Waals surface area contributed by atoms with Gasteiger partial charge in [0.2, 0.25) is 0 Å². The minimum absolute atomic E-state index is 0.407. The SMILES string of the molecule is CCN(CCCC(CCN)C(C)(C)C)C1CCCC1. The van der Waals surface area contributed by atoms with Crippen LogP contribution in [0.15, 0.2) is 0 Å². The van der Waals surface area contributed by atoms with Gasteiger partial charge in [-0.05, 0) is 63.1 Å². The van der Waals surface area contributed by atoms with E-state index in [1.807, 2.05) is 0 Å². The van der Waals surface area contributed by atoms with E-state index in [1.54, 1.807) is 0 Å². The van der Waals surface area contributed by atoms with Gasteiger partial charge in [-0.3, -0.25) is 0 Å². The van der Waals surface area contributed by atoms with E-state index < -0.39 is 0 Å². The smallest absolute Gasteiger partial charge is 0.00951 e. The van der Waals surface area contributed by atoms with Crippen LogP contribution >= 0.6 is 0 Å². The lowest BCUT2D eigenvalue weighted by Gasteiger charge is -2.32. The summed E-state index contributed by atoms with van der Waals surface area (Å²) in [7, 11) is 0. The second-order valence-electron chi connectivity index (χ2n) is 7.35. The molecule has 0 bridgehead atoms. The molecule has 1 atom stereocenters. The molecule has 0 saturated heterocycles. The van der Waals surface area contributed by atoms with Gasteiger partial charge in [-0.15, -0.1) is 0 Å². The molecule has 2 heteroatoms. The van der Waals surface area contributed by atoms with Crippen molar-refractivity contribution < 1.29 is 0 Å². The first kappa shape index (κ1) is 17.0. The zero-order valence-electron chi connectivity index (χ0n) is 13.8. The van der Waals surface area contributed by atoms with E-state index in [4.69, 9.17) is 5.73 Å². The number of hydrogen-bond donors (Lipinski definition) is 1. The van der Waals surface area contributed by atoms with Crippen LogP contribution in [0.2, 0.25) is 0 Å². The third kappa shape index (κ3) is 5.83. The maximum atomic E-state index is 5.77. The van der Waals surface area contributed by atoms with Crippen LogP contribution in [0.4, 0.5) is 0 Å². The Bertz CT molecular complexity index is 226. The van der Waals surface area contributed by atoms with Crippen molar-refractivity contribution in [2.24, 2.45) is 17.1 Å². The van der Waals surface area contributed by atoms with Gasteiger partial charge < -0.3 is 10.6 Å². The number of nitrogens with two attached hydrogens (primary N) is 1. The molecule has 1 saturated carbocycles. The molecule has 0 aromatic rings. The molecule has 0 radical (unpaired) electrons. The van der Waals surface area contributed by atoms with Gasteiger partial charge in [-0.2, -0.15) is 0 Å². The zero-order chi connectivity index (χ0) is 14.3. The highest BCUT2D eigenvalue weighted by atomic mass is 15.1. The average molecular weight is 268 g/mol. The zero-order valence-corrected chi connectivity index (χ0v) is 13.8. The van der Waals surface area contributed by atoms with Crippen LogP contribution in [0.1, 0.15) is 72.6 Å². The molecule has 0 aromatic carbocycles. The molecule has 114 valence electrons. The van der Waals surface area contributed by atoms with E-state index in [2.05, 4.69) is 32.6 Å². The van der Waals surface area contributed by atoms with E-state index >= 15 is 0 Å². The summed E-state index contributed by atoms with van der Waals surface area (Å²) in [5, 5.41) is 0. The lowest BCUT2D eigenvalue weighted by Crippen LogP contribution is -2.34. The molecule has 1 aliphatic rings. The molecule has 0 spiro atoms. The van der Waals surface area contributed by atoms with Crippen LogP contribution in [0.3, 0.4) is 0 Å². The number of nitrogens with zero attached hydrogens (tertiary/aromatic N) is 1. The molecule has 0 heterocycles. The van der Waals surface area contributed by atoms with Crippen LogP contribution in [0.25, 0.3) is 0 Å². The Labute approximate surface area is 121 Å². The van der Waals surface area contributed by atoms with Crippen LogP contribution in [-0.4, -0.2) is 30.6 Å². The van der Waals surface area contributed by atoms with Crippen molar-refractivity contribution in [1.29, 1.82) is 0 Å². The van der Waals surface area contributed by atoms with Crippen LogP contribution < -0.4 is 5.73 Å². The van der Waals surface area contributed by atoms with E-state index in [0.29, 0.717) is 5.41 Å². The molecule has 0 aromatic heterocycles. The normalized spacial score (nSPS) is 19.3. The molecule has 1 aliphatic carbocycles. The predicted octanol–water partition coefficient (Wildman–Crippen LogP) is 4.04.